The smallest absolute Gasteiger partial charge is 0.316 e. The number of rotatable bonds is 7. The van der Waals surface area contributed by atoms with Gasteiger partial charge in [-0.1, -0.05) is 18.5 Å². The number of aliphatic hydroxyl groups excluding tert-OH is 1. The largest absolute Gasteiger partial charge is 0.508 e. The highest BCUT2D eigenvalue weighted by molar-refractivity contribution is 6.35. The third-order valence-electron chi connectivity index (χ3n) is 4.16. The topological polar surface area (TPSA) is 135 Å². The van der Waals surface area contributed by atoms with Gasteiger partial charge in [-0.2, -0.15) is 0 Å². The highest BCUT2D eigenvalue weighted by Gasteiger charge is 2.25. The molecule has 0 aliphatic heterocycles. The van der Waals surface area contributed by atoms with Gasteiger partial charge < -0.3 is 30.4 Å². The van der Waals surface area contributed by atoms with E-state index in [1.54, 1.807) is 18.2 Å². The number of phenols is 1. The third kappa shape index (κ3) is 4.44. The molecule has 2 aromatic carbocycles. The van der Waals surface area contributed by atoms with Crippen LogP contribution in [-0.4, -0.2) is 35.2 Å². The molecular formula is C20H19ClN2O6. The summed E-state index contributed by atoms with van der Waals surface area (Å²) in [7, 11) is 0. The summed E-state index contributed by atoms with van der Waals surface area (Å²) in [5, 5.41) is 21.5. The van der Waals surface area contributed by atoms with Crippen LogP contribution in [0.25, 0.3) is 11.0 Å². The number of phenolic OH excluding ortho intramolecular Hbond substituents is 1. The van der Waals surface area contributed by atoms with Gasteiger partial charge >= 0.3 is 6.03 Å². The molecule has 1 aromatic heterocycles. The molecule has 2 amide bonds. The Labute approximate surface area is 170 Å². The van der Waals surface area contributed by atoms with Crippen LogP contribution in [0.15, 0.2) is 40.8 Å². The van der Waals surface area contributed by atoms with Gasteiger partial charge in [-0.15, -0.1) is 0 Å². The van der Waals surface area contributed by atoms with Gasteiger partial charge in [0.2, 0.25) is 5.78 Å². The number of fused-ring (bicyclic) bond motifs is 1. The van der Waals surface area contributed by atoms with Crippen LogP contribution in [0.2, 0.25) is 5.02 Å². The molecule has 29 heavy (non-hydrogen) atoms. The zero-order valence-corrected chi connectivity index (χ0v) is 16.2. The minimum atomic E-state index is -0.865. The van der Waals surface area contributed by atoms with Crippen molar-refractivity contribution in [1.29, 1.82) is 0 Å². The summed E-state index contributed by atoms with van der Waals surface area (Å²) >= 11 is 6.07. The number of anilines is 1. The van der Waals surface area contributed by atoms with E-state index in [0.29, 0.717) is 23.3 Å². The average Bonchev–Trinajstić information content (AvgIpc) is 3.02. The fourth-order valence-corrected chi connectivity index (χ4v) is 2.94. The van der Waals surface area contributed by atoms with Crippen LogP contribution in [0.4, 0.5) is 10.5 Å². The molecule has 152 valence electrons. The van der Waals surface area contributed by atoms with Gasteiger partial charge in [-0.05, 0) is 30.3 Å². The van der Waals surface area contributed by atoms with E-state index in [9.17, 15) is 14.7 Å². The van der Waals surface area contributed by atoms with Crippen molar-refractivity contribution in [2.45, 2.75) is 6.92 Å². The zero-order chi connectivity index (χ0) is 21.1. The molecule has 0 bridgehead atoms. The van der Waals surface area contributed by atoms with E-state index in [1.807, 2.05) is 6.92 Å². The molecule has 0 spiro atoms. The molecule has 3 aromatic rings. The van der Waals surface area contributed by atoms with Gasteiger partial charge in [-0.3, -0.25) is 4.79 Å². The fraction of sp³-hybridized carbons (Fsp3) is 0.200. The SMILES string of the molecule is CC(CO)COc1ccc2c(NC(N)=O)c(C(=O)c3ccc(O)cc3Cl)oc2c1. The molecule has 1 heterocycles. The molecule has 0 saturated carbocycles. The second kappa shape index (κ2) is 8.42. The second-order valence-corrected chi connectivity index (χ2v) is 6.95. The van der Waals surface area contributed by atoms with Crippen LogP contribution in [0.1, 0.15) is 23.0 Å². The molecule has 5 N–H and O–H groups in total. The van der Waals surface area contributed by atoms with Crippen molar-refractivity contribution in [3.05, 3.63) is 52.7 Å². The first kappa shape index (κ1) is 20.5. The molecule has 0 saturated heterocycles. The monoisotopic (exact) mass is 418 g/mol. The van der Waals surface area contributed by atoms with Crippen molar-refractivity contribution >= 4 is 40.1 Å². The van der Waals surface area contributed by atoms with E-state index in [0.717, 1.165) is 0 Å². The number of ketones is 1. The normalized spacial score (nSPS) is 12.0. The van der Waals surface area contributed by atoms with Crippen molar-refractivity contribution in [1.82, 2.24) is 0 Å². The van der Waals surface area contributed by atoms with Gasteiger partial charge in [0.05, 0.1) is 11.6 Å². The average molecular weight is 419 g/mol. The summed E-state index contributed by atoms with van der Waals surface area (Å²) in [5.41, 5.74) is 5.74. The Kier molecular flexibility index (Phi) is 5.95. The number of halogens is 1. The number of ether oxygens (including phenoxy) is 1. The number of nitrogens with two attached hydrogens (primary N) is 1. The number of amides is 2. The summed E-state index contributed by atoms with van der Waals surface area (Å²) < 4.78 is 11.3. The maximum absolute atomic E-state index is 13.0. The molecule has 0 fully saturated rings. The summed E-state index contributed by atoms with van der Waals surface area (Å²) in [5.74, 6) is -0.425. The molecule has 1 unspecified atom stereocenters. The Bertz CT molecular complexity index is 1080. The first-order chi connectivity index (χ1) is 13.8. The standard InChI is InChI=1S/C20H19ClN2O6/c1-10(8-24)9-28-12-3-5-14-16(7-12)29-19(17(14)23-20(22)27)18(26)13-4-2-11(25)6-15(13)21/h2-7,10,24-25H,8-9H2,1H3,(H3,22,23,27). The first-order valence-corrected chi connectivity index (χ1v) is 9.07. The molecular weight excluding hydrogens is 400 g/mol. The molecule has 0 aliphatic carbocycles. The maximum Gasteiger partial charge on any atom is 0.316 e. The predicted molar refractivity (Wildman–Crippen MR) is 108 cm³/mol. The van der Waals surface area contributed by atoms with Crippen LogP contribution in [-0.2, 0) is 0 Å². The lowest BCUT2D eigenvalue weighted by molar-refractivity contribution is 0.101. The number of aliphatic hydroxyl groups is 1. The van der Waals surface area contributed by atoms with E-state index in [1.165, 1.54) is 18.2 Å². The number of carbonyl (C=O) groups is 2. The number of carbonyl (C=O) groups excluding carboxylic acids is 2. The summed E-state index contributed by atoms with van der Waals surface area (Å²) in [6.45, 7) is 2.12. The molecule has 3 rings (SSSR count). The summed E-state index contributed by atoms with van der Waals surface area (Å²) in [6.07, 6.45) is 0. The third-order valence-corrected chi connectivity index (χ3v) is 4.47. The van der Waals surface area contributed by atoms with Crippen LogP contribution >= 0.6 is 11.6 Å². The lowest BCUT2D eigenvalue weighted by Crippen LogP contribution is -2.20. The van der Waals surface area contributed by atoms with Crippen molar-refractivity contribution in [2.24, 2.45) is 11.7 Å². The predicted octanol–water partition coefficient (Wildman–Crippen LogP) is 3.52. The van der Waals surface area contributed by atoms with Gasteiger partial charge in [0.25, 0.3) is 0 Å². The van der Waals surface area contributed by atoms with Gasteiger partial charge in [0.1, 0.15) is 22.8 Å². The Morgan fingerprint density at radius 2 is 2.03 bits per heavy atom. The van der Waals surface area contributed by atoms with E-state index < -0.39 is 11.8 Å². The highest BCUT2D eigenvalue weighted by Crippen LogP contribution is 2.36. The quantitative estimate of drug-likeness (QED) is 0.433. The number of urea groups is 1. The van der Waals surface area contributed by atoms with E-state index in [2.05, 4.69) is 5.32 Å². The van der Waals surface area contributed by atoms with Crippen LogP contribution in [0, 0.1) is 5.92 Å². The molecule has 0 aliphatic rings. The Morgan fingerprint density at radius 1 is 1.28 bits per heavy atom. The Morgan fingerprint density at radius 3 is 2.69 bits per heavy atom. The highest BCUT2D eigenvalue weighted by atomic mass is 35.5. The number of aromatic hydroxyl groups is 1. The number of furan rings is 1. The zero-order valence-electron chi connectivity index (χ0n) is 15.4. The Balaban J connectivity index is 2.04. The summed E-state index contributed by atoms with van der Waals surface area (Å²) in [6, 6.07) is 7.88. The van der Waals surface area contributed by atoms with Crippen molar-refractivity contribution in [2.75, 3.05) is 18.5 Å². The van der Waals surface area contributed by atoms with Crippen LogP contribution in [0.3, 0.4) is 0 Å². The molecule has 1 atom stereocenters. The van der Waals surface area contributed by atoms with E-state index in [-0.39, 0.29) is 40.3 Å². The molecule has 8 nitrogen and oxygen atoms in total. The molecule has 0 radical (unpaired) electrons. The van der Waals surface area contributed by atoms with Crippen molar-refractivity contribution in [3.63, 3.8) is 0 Å². The fourth-order valence-electron chi connectivity index (χ4n) is 2.68. The lowest BCUT2D eigenvalue weighted by atomic mass is 10.1. The minimum absolute atomic E-state index is 0.0122. The van der Waals surface area contributed by atoms with Gasteiger partial charge in [0, 0.05) is 29.5 Å². The number of hydrogen-bond donors (Lipinski definition) is 4. The van der Waals surface area contributed by atoms with E-state index >= 15 is 0 Å². The van der Waals surface area contributed by atoms with Crippen molar-refractivity contribution in [3.8, 4) is 11.5 Å². The van der Waals surface area contributed by atoms with Crippen LogP contribution < -0.4 is 15.8 Å². The lowest BCUT2D eigenvalue weighted by Gasteiger charge is -2.10. The summed E-state index contributed by atoms with van der Waals surface area (Å²) in [4.78, 5) is 24.4. The first-order valence-electron chi connectivity index (χ1n) is 8.70. The number of benzene rings is 2. The van der Waals surface area contributed by atoms with Crippen molar-refractivity contribution < 1.29 is 29.0 Å². The van der Waals surface area contributed by atoms with Crippen LogP contribution in [0.5, 0.6) is 11.5 Å². The van der Waals surface area contributed by atoms with Gasteiger partial charge in [-0.25, -0.2) is 4.79 Å². The second-order valence-electron chi connectivity index (χ2n) is 6.55. The Hall–Kier alpha value is -3.23. The number of primary amides is 1. The van der Waals surface area contributed by atoms with E-state index in [4.69, 9.17) is 31.6 Å². The molecule has 9 heteroatoms. The van der Waals surface area contributed by atoms with Gasteiger partial charge in [0.15, 0.2) is 5.76 Å². The number of nitrogens with one attached hydrogen (secondary N) is 1. The maximum atomic E-state index is 13.0. The number of hydrogen-bond acceptors (Lipinski definition) is 6. The minimum Gasteiger partial charge on any atom is -0.508 e.